The lowest BCUT2D eigenvalue weighted by atomic mass is 10.2. The number of nitrogens with zero attached hydrogens (tertiary/aromatic N) is 2. The number of rotatable bonds is 6. The van der Waals surface area contributed by atoms with Gasteiger partial charge in [-0.15, -0.1) is 0 Å². The summed E-state index contributed by atoms with van der Waals surface area (Å²) in [4.78, 5) is 15.2. The van der Waals surface area contributed by atoms with E-state index < -0.39 is 27.3 Å². The average Bonchev–Trinajstić information content (AvgIpc) is 2.85. The van der Waals surface area contributed by atoms with Crippen LogP contribution in [0.5, 0.6) is 0 Å². The molecule has 0 aliphatic carbocycles. The molecule has 2 aromatic rings. The fourth-order valence-electron chi connectivity index (χ4n) is 1.72. The molecule has 0 radical (unpaired) electrons. The molecule has 10 heteroatoms. The first-order valence-electron chi connectivity index (χ1n) is 6.45. The molecule has 1 heterocycles. The van der Waals surface area contributed by atoms with Gasteiger partial charge in [0.15, 0.2) is 9.84 Å². The number of aromatic nitrogens is 2. The third kappa shape index (κ3) is 4.92. The van der Waals surface area contributed by atoms with Crippen molar-refractivity contribution in [3.05, 3.63) is 34.1 Å². The van der Waals surface area contributed by atoms with Crippen molar-refractivity contribution in [1.82, 2.24) is 10.1 Å². The van der Waals surface area contributed by atoms with E-state index in [9.17, 15) is 13.2 Å². The number of hydrogen-bond acceptors (Lipinski definition) is 7. The van der Waals surface area contributed by atoms with Gasteiger partial charge in [0.05, 0.1) is 11.6 Å². The van der Waals surface area contributed by atoms with Crippen LogP contribution >= 0.6 is 23.2 Å². The smallest absolute Gasteiger partial charge is 0.321 e. The Balaban J connectivity index is 2.15. The molecule has 0 aliphatic heterocycles. The molecule has 0 bridgehead atoms. The van der Waals surface area contributed by atoms with Crippen LogP contribution in [0.4, 0.5) is 0 Å². The number of carbonyl (C=O) groups is 1. The van der Waals surface area contributed by atoms with Crippen LogP contribution in [-0.4, -0.2) is 36.9 Å². The zero-order valence-electron chi connectivity index (χ0n) is 12.0. The van der Waals surface area contributed by atoms with Gasteiger partial charge in [0.1, 0.15) is 11.5 Å². The number of ether oxygens (including phenoxy) is 1. The molecule has 23 heavy (non-hydrogen) atoms. The van der Waals surface area contributed by atoms with Gasteiger partial charge in [-0.2, -0.15) is 4.98 Å². The summed E-state index contributed by atoms with van der Waals surface area (Å²) in [6.45, 7) is 1.69. The second-order valence-corrected chi connectivity index (χ2v) is 7.38. The molecule has 0 unspecified atom stereocenters. The molecule has 0 aliphatic rings. The maximum Gasteiger partial charge on any atom is 0.321 e. The fourth-order valence-corrected chi connectivity index (χ4v) is 3.25. The first-order chi connectivity index (χ1) is 10.8. The summed E-state index contributed by atoms with van der Waals surface area (Å²) < 4.78 is 33.2. The van der Waals surface area contributed by atoms with Crippen molar-refractivity contribution in [1.29, 1.82) is 0 Å². The zero-order chi connectivity index (χ0) is 17.0. The molecule has 124 valence electrons. The molecule has 1 aromatic heterocycles. The topological polar surface area (TPSA) is 99.4 Å². The van der Waals surface area contributed by atoms with Crippen molar-refractivity contribution in [2.45, 2.75) is 12.7 Å². The lowest BCUT2D eigenvalue weighted by Gasteiger charge is -2.01. The van der Waals surface area contributed by atoms with E-state index >= 15 is 0 Å². The second kappa shape index (κ2) is 7.29. The number of sulfone groups is 1. The van der Waals surface area contributed by atoms with Crippen LogP contribution in [0.2, 0.25) is 10.0 Å². The lowest BCUT2D eigenvalue weighted by Crippen LogP contribution is -2.20. The molecule has 2 rings (SSSR count). The summed E-state index contributed by atoms with van der Waals surface area (Å²) in [6, 6.07) is 4.69. The summed E-state index contributed by atoms with van der Waals surface area (Å²) in [7, 11) is -3.77. The summed E-state index contributed by atoms with van der Waals surface area (Å²) in [6.07, 6.45) is 0. The maximum absolute atomic E-state index is 11.9. The van der Waals surface area contributed by atoms with E-state index in [2.05, 4.69) is 14.9 Å². The highest BCUT2D eigenvalue weighted by atomic mass is 35.5. The van der Waals surface area contributed by atoms with Gasteiger partial charge in [-0.3, -0.25) is 4.79 Å². The van der Waals surface area contributed by atoms with Crippen molar-refractivity contribution in [3.8, 4) is 11.4 Å². The van der Waals surface area contributed by atoms with Crippen LogP contribution in [0, 0.1) is 0 Å². The normalized spacial score (nSPS) is 11.4. The molecule has 0 fully saturated rings. The minimum absolute atomic E-state index is 0.105. The van der Waals surface area contributed by atoms with Gasteiger partial charge in [0.25, 0.3) is 0 Å². The van der Waals surface area contributed by atoms with E-state index in [-0.39, 0.29) is 18.3 Å². The van der Waals surface area contributed by atoms with E-state index in [4.69, 9.17) is 27.7 Å². The van der Waals surface area contributed by atoms with E-state index in [0.717, 1.165) is 0 Å². The number of esters is 1. The minimum Gasteiger partial charge on any atom is -0.465 e. The largest absolute Gasteiger partial charge is 0.465 e. The number of hydrogen-bond donors (Lipinski definition) is 0. The van der Waals surface area contributed by atoms with Crippen LogP contribution in [0.1, 0.15) is 12.8 Å². The maximum atomic E-state index is 11.9. The number of carbonyl (C=O) groups excluding carboxylic acids is 1. The Morgan fingerprint density at radius 3 is 2.74 bits per heavy atom. The Bertz CT molecular complexity index is 820. The Kier molecular flexibility index (Phi) is 5.61. The zero-order valence-corrected chi connectivity index (χ0v) is 14.3. The van der Waals surface area contributed by atoms with E-state index in [1.54, 1.807) is 19.1 Å². The second-order valence-electron chi connectivity index (χ2n) is 4.47. The van der Waals surface area contributed by atoms with Crippen molar-refractivity contribution in [3.63, 3.8) is 0 Å². The van der Waals surface area contributed by atoms with Crippen molar-refractivity contribution >= 4 is 39.0 Å². The third-order valence-corrected chi connectivity index (χ3v) is 4.54. The molecule has 0 saturated carbocycles. The number of benzene rings is 1. The Morgan fingerprint density at radius 1 is 1.35 bits per heavy atom. The molecule has 0 saturated heterocycles. The predicted molar refractivity (Wildman–Crippen MR) is 83.9 cm³/mol. The molecular formula is C13H12Cl2N2O5S. The number of halogens is 2. The lowest BCUT2D eigenvalue weighted by molar-refractivity contribution is -0.139. The molecule has 0 atom stereocenters. The Hall–Kier alpha value is -1.64. The van der Waals surface area contributed by atoms with Gasteiger partial charge < -0.3 is 9.26 Å². The van der Waals surface area contributed by atoms with Crippen LogP contribution in [-0.2, 0) is 25.1 Å². The molecule has 0 amide bonds. The SMILES string of the molecule is CCOC(=O)CS(=O)(=O)Cc1nc(-c2ccc(Cl)cc2Cl)no1. The van der Waals surface area contributed by atoms with Crippen LogP contribution in [0.25, 0.3) is 11.4 Å². The van der Waals surface area contributed by atoms with E-state index in [0.29, 0.717) is 15.6 Å². The van der Waals surface area contributed by atoms with Gasteiger partial charge in [-0.05, 0) is 25.1 Å². The van der Waals surface area contributed by atoms with Gasteiger partial charge in [0, 0.05) is 10.6 Å². The highest BCUT2D eigenvalue weighted by molar-refractivity contribution is 7.91. The highest BCUT2D eigenvalue weighted by Crippen LogP contribution is 2.28. The molecule has 1 aromatic carbocycles. The Labute approximate surface area is 142 Å². The molecule has 0 N–H and O–H groups in total. The quantitative estimate of drug-likeness (QED) is 0.711. The fraction of sp³-hybridized carbons (Fsp3) is 0.308. The van der Waals surface area contributed by atoms with E-state index in [1.807, 2.05) is 0 Å². The highest BCUT2D eigenvalue weighted by Gasteiger charge is 2.22. The molecular weight excluding hydrogens is 367 g/mol. The monoisotopic (exact) mass is 378 g/mol. The third-order valence-electron chi connectivity index (χ3n) is 2.63. The Morgan fingerprint density at radius 2 is 2.09 bits per heavy atom. The molecule has 0 spiro atoms. The average molecular weight is 379 g/mol. The summed E-state index contributed by atoms with van der Waals surface area (Å²) in [5, 5.41) is 4.43. The summed E-state index contributed by atoms with van der Waals surface area (Å²) >= 11 is 11.8. The van der Waals surface area contributed by atoms with E-state index in [1.165, 1.54) is 6.07 Å². The van der Waals surface area contributed by atoms with Crippen molar-refractivity contribution in [2.24, 2.45) is 0 Å². The van der Waals surface area contributed by atoms with Crippen LogP contribution in [0.3, 0.4) is 0 Å². The van der Waals surface area contributed by atoms with Crippen molar-refractivity contribution in [2.75, 3.05) is 12.4 Å². The minimum atomic E-state index is -3.77. The first kappa shape index (κ1) is 17.7. The van der Waals surface area contributed by atoms with Gasteiger partial charge in [0.2, 0.25) is 11.7 Å². The van der Waals surface area contributed by atoms with Gasteiger partial charge in [-0.1, -0.05) is 28.4 Å². The molecule has 7 nitrogen and oxygen atoms in total. The van der Waals surface area contributed by atoms with Crippen LogP contribution < -0.4 is 0 Å². The predicted octanol–water partition coefficient (Wildman–Crippen LogP) is 2.52. The summed E-state index contributed by atoms with van der Waals surface area (Å²) in [5.74, 6) is -2.15. The van der Waals surface area contributed by atoms with Crippen molar-refractivity contribution < 1.29 is 22.5 Å². The standard InChI is InChI=1S/C13H12Cl2N2O5S/c1-2-21-12(18)7-23(19,20)6-11-16-13(17-22-11)9-4-3-8(14)5-10(9)15/h3-5H,2,6-7H2,1H3. The van der Waals surface area contributed by atoms with Gasteiger partial charge >= 0.3 is 5.97 Å². The first-order valence-corrected chi connectivity index (χ1v) is 9.02. The van der Waals surface area contributed by atoms with Crippen LogP contribution in [0.15, 0.2) is 22.7 Å². The summed E-state index contributed by atoms with van der Waals surface area (Å²) in [5.41, 5.74) is 0.453. The van der Waals surface area contributed by atoms with Gasteiger partial charge in [-0.25, -0.2) is 8.42 Å².